The third-order valence-electron chi connectivity index (χ3n) is 2.52. The van der Waals surface area contributed by atoms with Crippen molar-refractivity contribution in [2.75, 3.05) is 0 Å². The van der Waals surface area contributed by atoms with Gasteiger partial charge in [-0.15, -0.1) is 0 Å². The first-order chi connectivity index (χ1) is 7.83. The second kappa shape index (κ2) is 4.64. The molecule has 0 spiro atoms. The van der Waals surface area contributed by atoms with Crippen LogP contribution in [0.3, 0.4) is 0 Å². The summed E-state index contributed by atoms with van der Waals surface area (Å²) in [6.45, 7) is 4.08. The molecule has 2 heteroatoms. The quantitative estimate of drug-likeness (QED) is 0.738. The first-order valence-corrected chi connectivity index (χ1v) is 5.06. The molecule has 0 radical (unpaired) electrons. The predicted octanol–water partition coefficient (Wildman–Crippen LogP) is 1.52. The Kier molecular flexibility index (Phi) is 3.03. The van der Waals surface area contributed by atoms with E-state index in [4.69, 9.17) is 5.21 Å². The van der Waals surface area contributed by atoms with Gasteiger partial charge in [0.15, 0.2) is 0 Å². The molecule has 2 aromatic carbocycles. The number of hydrogen-bond acceptors (Lipinski definition) is 2. The second-order valence-electron chi connectivity index (χ2n) is 3.51. The molecule has 0 unspecified atom stereocenters. The van der Waals surface area contributed by atoms with Crippen molar-refractivity contribution in [2.45, 2.75) is 0 Å². The first-order valence-electron chi connectivity index (χ1n) is 5.06. The highest BCUT2D eigenvalue weighted by atomic mass is 16.5. The summed E-state index contributed by atoms with van der Waals surface area (Å²) < 4.78 is 0. The number of hydrogen-bond donors (Lipinski definition) is 2. The topological polar surface area (TPSA) is 32.3 Å². The van der Waals surface area contributed by atoms with Crippen LogP contribution in [0.15, 0.2) is 48.7 Å². The average Bonchev–Trinajstić information content (AvgIpc) is 2.33. The molecule has 0 aliphatic carbocycles. The van der Waals surface area contributed by atoms with Crippen LogP contribution in [-0.2, 0) is 0 Å². The summed E-state index contributed by atoms with van der Waals surface area (Å²) in [5, 5.41) is 12.8. The normalized spacial score (nSPS) is 12.4. The standard InChI is InChI=1S/C14H13NO/c1-11-12(6-4-10-15-16)8-9-13-5-2-3-7-14(11)13/h2-10,15-16H,1H2/b10-4-,12-6-. The molecule has 0 amide bonds. The Hall–Kier alpha value is -2.06. The van der Waals surface area contributed by atoms with E-state index in [2.05, 4.69) is 24.8 Å². The van der Waals surface area contributed by atoms with E-state index in [-0.39, 0.29) is 0 Å². The van der Waals surface area contributed by atoms with Crippen molar-refractivity contribution in [1.29, 1.82) is 0 Å². The summed E-state index contributed by atoms with van der Waals surface area (Å²) in [7, 11) is 0. The minimum Gasteiger partial charge on any atom is -0.292 e. The van der Waals surface area contributed by atoms with E-state index in [9.17, 15) is 0 Å². The predicted molar refractivity (Wildman–Crippen MR) is 67.2 cm³/mol. The minimum absolute atomic E-state index is 1.00. The lowest BCUT2D eigenvalue weighted by Crippen LogP contribution is -2.23. The maximum atomic E-state index is 8.41. The third-order valence-corrected chi connectivity index (χ3v) is 2.52. The zero-order valence-corrected chi connectivity index (χ0v) is 8.85. The van der Waals surface area contributed by atoms with Gasteiger partial charge in [-0.05, 0) is 27.3 Å². The minimum atomic E-state index is 1.00. The molecule has 80 valence electrons. The Balaban J connectivity index is 2.66. The van der Waals surface area contributed by atoms with Gasteiger partial charge in [0, 0.05) is 6.20 Å². The van der Waals surface area contributed by atoms with Gasteiger partial charge in [0.1, 0.15) is 0 Å². The van der Waals surface area contributed by atoms with Crippen LogP contribution in [0.2, 0.25) is 0 Å². The highest BCUT2D eigenvalue weighted by Crippen LogP contribution is 2.05. The number of allylic oxidation sites excluding steroid dienone is 1. The molecular formula is C14H13NO. The van der Waals surface area contributed by atoms with E-state index in [1.807, 2.05) is 29.8 Å². The van der Waals surface area contributed by atoms with E-state index in [0.29, 0.717) is 0 Å². The molecule has 0 heterocycles. The maximum absolute atomic E-state index is 8.41. The van der Waals surface area contributed by atoms with Gasteiger partial charge >= 0.3 is 0 Å². The Bertz CT molecular complexity index is 629. The van der Waals surface area contributed by atoms with Crippen LogP contribution in [-0.4, -0.2) is 5.21 Å². The highest BCUT2D eigenvalue weighted by molar-refractivity contribution is 5.83. The van der Waals surface area contributed by atoms with Crippen molar-refractivity contribution in [3.63, 3.8) is 0 Å². The summed E-state index contributed by atoms with van der Waals surface area (Å²) in [6, 6.07) is 12.2. The zero-order valence-electron chi connectivity index (χ0n) is 8.85. The third kappa shape index (κ3) is 1.97. The van der Waals surface area contributed by atoms with Gasteiger partial charge in [-0.2, -0.15) is 0 Å². The monoisotopic (exact) mass is 211 g/mol. The second-order valence-corrected chi connectivity index (χ2v) is 3.51. The van der Waals surface area contributed by atoms with Crippen molar-refractivity contribution >= 4 is 23.4 Å². The molecule has 2 rings (SSSR count). The maximum Gasteiger partial charge on any atom is 0.0240 e. The highest BCUT2D eigenvalue weighted by Gasteiger charge is 1.92. The lowest BCUT2D eigenvalue weighted by Gasteiger charge is -1.97. The van der Waals surface area contributed by atoms with Crippen LogP contribution in [0.5, 0.6) is 0 Å². The fraction of sp³-hybridized carbons (Fsp3) is 0. The Morgan fingerprint density at radius 1 is 1.12 bits per heavy atom. The molecule has 2 nitrogen and oxygen atoms in total. The number of hydroxylamine groups is 1. The Labute approximate surface area is 93.8 Å². The molecule has 0 bridgehead atoms. The van der Waals surface area contributed by atoms with Crippen LogP contribution < -0.4 is 15.9 Å². The number of rotatable bonds is 2. The number of fused-ring (bicyclic) bond motifs is 1. The molecule has 0 atom stereocenters. The van der Waals surface area contributed by atoms with E-state index in [0.717, 1.165) is 15.8 Å². The molecule has 16 heavy (non-hydrogen) atoms. The van der Waals surface area contributed by atoms with Crippen molar-refractivity contribution in [1.82, 2.24) is 5.48 Å². The Morgan fingerprint density at radius 2 is 1.94 bits per heavy atom. The van der Waals surface area contributed by atoms with E-state index < -0.39 is 0 Å². The lowest BCUT2D eigenvalue weighted by molar-refractivity contribution is 0.214. The molecule has 0 aliphatic heterocycles. The summed E-state index contributed by atoms with van der Waals surface area (Å²) >= 11 is 0. The summed E-state index contributed by atoms with van der Waals surface area (Å²) in [5.41, 5.74) is 1.96. The van der Waals surface area contributed by atoms with E-state index in [1.165, 1.54) is 11.6 Å². The molecular weight excluding hydrogens is 198 g/mol. The molecule has 2 aromatic rings. The summed E-state index contributed by atoms with van der Waals surface area (Å²) in [5.74, 6) is 0. The van der Waals surface area contributed by atoms with Crippen LogP contribution in [0.4, 0.5) is 0 Å². The van der Waals surface area contributed by atoms with Crippen LogP contribution in [0.1, 0.15) is 0 Å². The molecule has 0 saturated carbocycles. The van der Waals surface area contributed by atoms with Crippen LogP contribution in [0.25, 0.3) is 23.4 Å². The fourth-order valence-electron chi connectivity index (χ4n) is 1.70. The molecule has 2 N–H and O–H groups in total. The zero-order chi connectivity index (χ0) is 11.4. The van der Waals surface area contributed by atoms with Gasteiger partial charge in [-0.1, -0.05) is 49.1 Å². The Morgan fingerprint density at radius 3 is 2.75 bits per heavy atom. The van der Waals surface area contributed by atoms with Gasteiger partial charge in [0.25, 0.3) is 0 Å². The van der Waals surface area contributed by atoms with Gasteiger partial charge in [-0.25, -0.2) is 0 Å². The largest absolute Gasteiger partial charge is 0.292 e. The molecule has 0 saturated heterocycles. The van der Waals surface area contributed by atoms with Gasteiger partial charge in [0.2, 0.25) is 0 Å². The van der Waals surface area contributed by atoms with E-state index >= 15 is 0 Å². The molecule has 0 aliphatic rings. The SMILES string of the molecule is C=c1/c(=C\C=C/NO)ccc2ccccc12. The smallest absolute Gasteiger partial charge is 0.0240 e. The summed E-state index contributed by atoms with van der Waals surface area (Å²) in [4.78, 5) is 0. The molecule has 0 aromatic heterocycles. The van der Waals surface area contributed by atoms with E-state index in [1.54, 1.807) is 6.08 Å². The van der Waals surface area contributed by atoms with Crippen molar-refractivity contribution in [2.24, 2.45) is 0 Å². The fourth-order valence-corrected chi connectivity index (χ4v) is 1.70. The van der Waals surface area contributed by atoms with Gasteiger partial charge in [-0.3, -0.25) is 10.7 Å². The summed E-state index contributed by atoms with van der Waals surface area (Å²) in [6.07, 6.45) is 5.09. The van der Waals surface area contributed by atoms with Gasteiger partial charge in [0.05, 0.1) is 0 Å². The first kappa shape index (κ1) is 10.5. The van der Waals surface area contributed by atoms with Crippen molar-refractivity contribution in [3.8, 4) is 0 Å². The lowest BCUT2D eigenvalue weighted by atomic mass is 10.1. The van der Waals surface area contributed by atoms with Gasteiger partial charge < -0.3 is 0 Å². The number of benzene rings is 2. The number of nitrogens with one attached hydrogen (secondary N) is 1. The van der Waals surface area contributed by atoms with Crippen molar-refractivity contribution < 1.29 is 5.21 Å². The average molecular weight is 211 g/mol. The molecule has 0 fully saturated rings. The van der Waals surface area contributed by atoms with Crippen LogP contribution in [0, 0.1) is 0 Å². The van der Waals surface area contributed by atoms with Crippen molar-refractivity contribution in [3.05, 3.63) is 59.1 Å². The van der Waals surface area contributed by atoms with Crippen LogP contribution >= 0.6 is 0 Å².